The van der Waals surface area contributed by atoms with Crippen molar-refractivity contribution in [1.29, 1.82) is 0 Å². The van der Waals surface area contributed by atoms with Crippen LogP contribution in [-0.2, 0) is 9.59 Å². The fraction of sp³-hybridized carbons (Fsp3) is 0.682. The Morgan fingerprint density at radius 3 is 2.77 bits per heavy atom. The predicted molar refractivity (Wildman–Crippen MR) is 104 cm³/mol. The summed E-state index contributed by atoms with van der Waals surface area (Å²) in [7, 11) is 0. The SMILES string of the molecule is C[C@]12C=CC(=O)C=C1[C@@H](F)C[C@H]1[C@@H]3C[C@H]4C=NN[C@@]4(C(=O)CO)[C@@]3(C)C[C@H](O)[C@@]12F. The number of carbonyl (C=O) groups excluding carboxylic acids is 2. The summed E-state index contributed by atoms with van der Waals surface area (Å²) in [5.41, 5.74) is -2.81. The normalized spacial score (nSPS) is 53.3. The molecule has 0 radical (unpaired) electrons. The Kier molecular flexibility index (Phi) is 3.90. The fourth-order valence-electron chi connectivity index (χ4n) is 7.64. The van der Waals surface area contributed by atoms with E-state index in [1.165, 1.54) is 12.2 Å². The number of hydrogen-bond acceptors (Lipinski definition) is 6. The topological polar surface area (TPSA) is 99.0 Å². The molecule has 9 atom stereocenters. The van der Waals surface area contributed by atoms with Gasteiger partial charge >= 0.3 is 0 Å². The predicted octanol–water partition coefficient (Wildman–Crippen LogP) is 1.42. The molecule has 4 aliphatic carbocycles. The number of aliphatic hydroxyl groups is 2. The van der Waals surface area contributed by atoms with Crippen LogP contribution in [0, 0.1) is 28.6 Å². The monoisotopic (exact) mass is 420 g/mol. The van der Waals surface area contributed by atoms with E-state index in [0.29, 0.717) is 6.42 Å². The maximum Gasteiger partial charge on any atom is 0.186 e. The van der Waals surface area contributed by atoms with Crippen molar-refractivity contribution >= 4 is 17.8 Å². The molecule has 1 aliphatic heterocycles. The van der Waals surface area contributed by atoms with Crippen LogP contribution >= 0.6 is 0 Å². The number of hydrogen-bond donors (Lipinski definition) is 3. The average molecular weight is 420 g/mol. The number of hydrazone groups is 1. The highest BCUT2D eigenvalue weighted by Crippen LogP contribution is 2.71. The molecule has 0 bridgehead atoms. The molecule has 3 saturated carbocycles. The zero-order valence-electron chi connectivity index (χ0n) is 16.9. The van der Waals surface area contributed by atoms with Gasteiger partial charge in [-0.2, -0.15) is 5.10 Å². The van der Waals surface area contributed by atoms with Crippen molar-refractivity contribution in [3.05, 3.63) is 23.8 Å². The van der Waals surface area contributed by atoms with Gasteiger partial charge in [-0.25, -0.2) is 8.78 Å². The van der Waals surface area contributed by atoms with Crippen LogP contribution in [0.2, 0.25) is 0 Å². The Labute approximate surface area is 173 Å². The summed E-state index contributed by atoms with van der Waals surface area (Å²) in [5, 5.41) is 25.0. The number of aliphatic hydroxyl groups excluding tert-OH is 2. The molecule has 1 heterocycles. The lowest BCUT2D eigenvalue weighted by Gasteiger charge is -2.63. The number of alkyl halides is 2. The Morgan fingerprint density at radius 2 is 2.07 bits per heavy atom. The molecule has 0 aromatic rings. The van der Waals surface area contributed by atoms with Crippen molar-refractivity contribution in [3.63, 3.8) is 0 Å². The van der Waals surface area contributed by atoms with Crippen molar-refractivity contribution in [2.75, 3.05) is 6.61 Å². The van der Waals surface area contributed by atoms with Crippen LogP contribution in [0.5, 0.6) is 0 Å². The van der Waals surface area contributed by atoms with E-state index in [0.717, 1.165) is 6.08 Å². The summed E-state index contributed by atoms with van der Waals surface area (Å²) in [5.74, 6) is -2.46. The first kappa shape index (κ1) is 20.0. The number of nitrogens with one attached hydrogen (secondary N) is 1. The first-order chi connectivity index (χ1) is 14.1. The van der Waals surface area contributed by atoms with Gasteiger partial charge in [-0.15, -0.1) is 0 Å². The van der Waals surface area contributed by atoms with Gasteiger partial charge in [-0.1, -0.05) is 13.0 Å². The lowest BCUT2D eigenvalue weighted by atomic mass is 9.44. The van der Waals surface area contributed by atoms with Crippen LogP contribution in [0.3, 0.4) is 0 Å². The van der Waals surface area contributed by atoms with Gasteiger partial charge in [0, 0.05) is 28.9 Å². The molecule has 6 nitrogen and oxygen atoms in total. The minimum Gasteiger partial charge on any atom is -0.390 e. The maximum absolute atomic E-state index is 17.0. The summed E-state index contributed by atoms with van der Waals surface area (Å²) >= 11 is 0. The summed E-state index contributed by atoms with van der Waals surface area (Å²) in [6.07, 6.45) is 2.64. The van der Waals surface area contributed by atoms with E-state index in [-0.39, 0.29) is 30.1 Å². The van der Waals surface area contributed by atoms with E-state index in [2.05, 4.69) is 10.5 Å². The third-order valence-electron chi connectivity index (χ3n) is 9.06. The molecule has 0 unspecified atom stereocenters. The Bertz CT molecular complexity index is 934. The summed E-state index contributed by atoms with van der Waals surface area (Å²) < 4.78 is 32.4. The average Bonchev–Trinajstić information content (AvgIpc) is 3.23. The van der Waals surface area contributed by atoms with E-state index in [9.17, 15) is 19.8 Å². The van der Waals surface area contributed by atoms with Crippen LogP contribution in [0.15, 0.2) is 28.9 Å². The second-order valence-electron chi connectivity index (χ2n) is 9.98. The van der Waals surface area contributed by atoms with Crippen LogP contribution in [0.25, 0.3) is 0 Å². The highest BCUT2D eigenvalue weighted by atomic mass is 19.1. The molecule has 0 spiro atoms. The Morgan fingerprint density at radius 1 is 1.33 bits per heavy atom. The molecular formula is C22H26F2N2O4. The number of Topliss-reactive ketones (excluding diaryl/α,β-unsaturated/α-hetero) is 1. The van der Waals surface area contributed by atoms with E-state index >= 15 is 8.78 Å². The maximum atomic E-state index is 17.0. The van der Waals surface area contributed by atoms with Gasteiger partial charge in [-0.3, -0.25) is 15.0 Å². The number of carbonyl (C=O) groups is 2. The van der Waals surface area contributed by atoms with Gasteiger partial charge in [0.1, 0.15) is 18.3 Å². The minimum atomic E-state index is -2.18. The van der Waals surface area contributed by atoms with Gasteiger partial charge in [0.15, 0.2) is 17.2 Å². The van der Waals surface area contributed by atoms with E-state index in [1.54, 1.807) is 13.1 Å². The number of rotatable bonds is 2. The van der Waals surface area contributed by atoms with Crippen molar-refractivity contribution in [2.45, 2.75) is 56.6 Å². The Hall–Kier alpha value is -1.93. The van der Waals surface area contributed by atoms with Crippen LogP contribution in [0.4, 0.5) is 8.78 Å². The van der Waals surface area contributed by atoms with Gasteiger partial charge in [0.25, 0.3) is 0 Å². The summed E-state index contributed by atoms with van der Waals surface area (Å²) in [6, 6.07) is 0. The number of nitrogens with zero attached hydrogens (tertiary/aromatic N) is 1. The zero-order chi connectivity index (χ0) is 21.7. The number of halogens is 2. The van der Waals surface area contributed by atoms with Crippen LogP contribution in [0.1, 0.15) is 33.1 Å². The molecule has 0 aromatic carbocycles. The summed E-state index contributed by atoms with van der Waals surface area (Å²) in [6.45, 7) is 2.67. The molecule has 5 aliphatic rings. The molecule has 0 amide bonds. The lowest BCUT2D eigenvalue weighted by molar-refractivity contribution is -0.206. The highest BCUT2D eigenvalue weighted by Gasteiger charge is 2.77. The molecule has 3 N–H and O–H groups in total. The molecule has 3 fully saturated rings. The molecular weight excluding hydrogens is 394 g/mol. The smallest absolute Gasteiger partial charge is 0.186 e. The quantitative estimate of drug-likeness (QED) is 0.628. The number of fused-ring (bicyclic) bond motifs is 7. The van der Waals surface area contributed by atoms with E-state index < -0.39 is 58.5 Å². The van der Waals surface area contributed by atoms with E-state index in [4.69, 9.17) is 0 Å². The minimum absolute atomic E-state index is 0.0368. The third kappa shape index (κ3) is 1.93. The fourth-order valence-corrected chi connectivity index (χ4v) is 7.64. The second-order valence-corrected chi connectivity index (χ2v) is 9.98. The number of allylic oxidation sites excluding steroid dienone is 4. The summed E-state index contributed by atoms with van der Waals surface area (Å²) in [4.78, 5) is 24.8. The van der Waals surface area contributed by atoms with Gasteiger partial charge in [0.2, 0.25) is 0 Å². The number of ketones is 2. The van der Waals surface area contributed by atoms with Crippen LogP contribution in [-0.4, -0.2) is 58.1 Å². The molecule has 30 heavy (non-hydrogen) atoms. The first-order valence-electron chi connectivity index (χ1n) is 10.5. The third-order valence-corrected chi connectivity index (χ3v) is 9.06. The van der Waals surface area contributed by atoms with Crippen molar-refractivity contribution in [3.8, 4) is 0 Å². The van der Waals surface area contributed by atoms with Gasteiger partial charge in [-0.05, 0) is 49.8 Å². The lowest BCUT2D eigenvalue weighted by Crippen LogP contribution is -2.72. The molecule has 8 heteroatoms. The van der Waals surface area contributed by atoms with Gasteiger partial charge < -0.3 is 10.2 Å². The molecule has 0 aromatic heterocycles. The molecule has 162 valence electrons. The van der Waals surface area contributed by atoms with Crippen LogP contribution < -0.4 is 5.43 Å². The zero-order valence-corrected chi connectivity index (χ0v) is 16.9. The highest BCUT2D eigenvalue weighted by molar-refractivity contribution is 6.01. The standard InChI is InChI=1S/C22H26F2N2O4/c1-19-4-3-12(28)6-15(19)16(23)7-14-13-5-11-9-25-26-22(11,18(30)10-27)20(13,2)8-17(29)21(14,19)24/h3-4,6,9,11,13-14,16-17,26-27,29H,5,7-8,10H2,1-2H3/t11-,13-,14-,16-,17-,19-,20-,21-,22-/m0/s1. The second kappa shape index (κ2) is 5.85. The molecule has 0 saturated heterocycles. The van der Waals surface area contributed by atoms with Crippen molar-refractivity contribution in [1.82, 2.24) is 5.43 Å². The van der Waals surface area contributed by atoms with Crippen molar-refractivity contribution in [2.24, 2.45) is 33.7 Å². The van der Waals surface area contributed by atoms with Crippen molar-refractivity contribution < 1.29 is 28.6 Å². The first-order valence-corrected chi connectivity index (χ1v) is 10.5. The van der Waals surface area contributed by atoms with Gasteiger partial charge in [0.05, 0.1) is 6.10 Å². The van der Waals surface area contributed by atoms with E-state index in [1.807, 2.05) is 6.92 Å². The largest absolute Gasteiger partial charge is 0.390 e. The molecule has 5 rings (SSSR count). The Balaban J connectivity index is 1.67.